The summed E-state index contributed by atoms with van der Waals surface area (Å²) in [6.07, 6.45) is 0.539. The molecule has 0 aliphatic rings. The van der Waals surface area contributed by atoms with Gasteiger partial charge in [-0.1, -0.05) is 54.6 Å². The van der Waals surface area contributed by atoms with Crippen LogP contribution in [0.25, 0.3) is 0 Å². The van der Waals surface area contributed by atoms with E-state index in [2.05, 4.69) is 5.32 Å². The Morgan fingerprint density at radius 1 is 1.07 bits per heavy atom. The van der Waals surface area contributed by atoms with Crippen molar-refractivity contribution in [1.29, 1.82) is 0 Å². The van der Waals surface area contributed by atoms with Crippen LogP contribution >= 0.6 is 0 Å². The molecule has 29 heavy (non-hydrogen) atoms. The zero-order chi connectivity index (χ0) is 20.6. The molecule has 0 heterocycles. The molecule has 4 nitrogen and oxygen atoms in total. The minimum Gasteiger partial charge on any atom is -0.495 e. The lowest BCUT2D eigenvalue weighted by Gasteiger charge is -2.17. The Hall–Kier alpha value is -3.18. The molecule has 0 aliphatic heterocycles. The van der Waals surface area contributed by atoms with Crippen molar-refractivity contribution in [2.24, 2.45) is 0 Å². The summed E-state index contributed by atoms with van der Waals surface area (Å²) in [5, 5.41) is 4.94. The van der Waals surface area contributed by atoms with Crippen LogP contribution in [0, 0.1) is 12.7 Å². The normalized spacial score (nSPS) is 11.7. The van der Waals surface area contributed by atoms with E-state index in [0.717, 1.165) is 11.1 Å². The highest BCUT2D eigenvalue weighted by Crippen LogP contribution is 2.26. The van der Waals surface area contributed by atoms with Crippen LogP contribution in [-0.2, 0) is 11.2 Å². The van der Waals surface area contributed by atoms with Crippen LogP contribution in [0.3, 0.4) is 0 Å². The summed E-state index contributed by atoms with van der Waals surface area (Å²) < 4.78 is 19.3. The van der Waals surface area contributed by atoms with E-state index in [0.29, 0.717) is 30.0 Å². The number of carbonyl (C=O) groups excluding carboxylic acids is 1. The summed E-state index contributed by atoms with van der Waals surface area (Å²) in [7, 11) is 1.58. The third kappa shape index (κ3) is 5.42. The van der Waals surface area contributed by atoms with Gasteiger partial charge in [0.05, 0.1) is 19.3 Å². The minimum absolute atomic E-state index is 0.145. The molecule has 1 atom stereocenters. The van der Waals surface area contributed by atoms with Crippen molar-refractivity contribution >= 4 is 11.6 Å². The number of hydrogen-bond donors (Lipinski definition) is 2. The highest BCUT2D eigenvalue weighted by atomic mass is 19.1. The molecular weight excluding hydrogens is 367 g/mol. The number of anilines is 1. The summed E-state index contributed by atoms with van der Waals surface area (Å²) >= 11 is 0. The molecule has 0 fully saturated rings. The summed E-state index contributed by atoms with van der Waals surface area (Å²) in [6.45, 7) is 2.54. The number of nitrogens with one attached hydrogen (secondary N) is 1. The van der Waals surface area contributed by atoms with E-state index in [1.54, 1.807) is 19.2 Å². The fraction of sp³-hybridized carbons (Fsp3) is 0.208. The van der Waals surface area contributed by atoms with Crippen molar-refractivity contribution in [2.45, 2.75) is 19.4 Å². The lowest BCUT2D eigenvalue weighted by Crippen LogP contribution is -2.87. The van der Waals surface area contributed by atoms with Gasteiger partial charge in [0.2, 0.25) is 0 Å². The lowest BCUT2D eigenvalue weighted by molar-refractivity contribution is -0.682. The molecule has 3 rings (SSSR count). The summed E-state index contributed by atoms with van der Waals surface area (Å²) in [4.78, 5) is 13.1. The number of carbonyl (C=O) groups is 1. The molecule has 0 saturated heterocycles. The molecule has 0 aliphatic carbocycles. The molecule has 0 aromatic heterocycles. The number of aryl methyl sites for hydroxylation is 1. The first kappa shape index (κ1) is 20.6. The van der Waals surface area contributed by atoms with Gasteiger partial charge >= 0.3 is 0 Å². The van der Waals surface area contributed by atoms with E-state index in [4.69, 9.17) is 4.74 Å². The number of methoxy groups -OCH3 is 1. The lowest BCUT2D eigenvalue weighted by atomic mass is 10.0. The summed E-state index contributed by atoms with van der Waals surface area (Å²) in [5.41, 5.74) is 3.21. The molecule has 0 spiro atoms. The number of amides is 1. The largest absolute Gasteiger partial charge is 0.495 e. The van der Waals surface area contributed by atoms with Crippen LogP contribution in [0.5, 0.6) is 5.75 Å². The van der Waals surface area contributed by atoms with E-state index in [1.807, 2.05) is 66.8 Å². The zero-order valence-corrected chi connectivity index (χ0v) is 16.7. The van der Waals surface area contributed by atoms with E-state index >= 15 is 0 Å². The highest BCUT2D eigenvalue weighted by Gasteiger charge is 2.25. The number of rotatable bonds is 8. The molecule has 5 heteroatoms. The zero-order valence-electron chi connectivity index (χ0n) is 16.7. The first-order valence-electron chi connectivity index (χ1n) is 9.65. The second kappa shape index (κ2) is 9.85. The standard InChI is InChI=1S/C24H25FN2O2/c1-17-12-13-22(29-2)21(16-17)27-24(28)23(19-9-4-3-5-10-19)26-15-14-18-8-6-7-11-20(18)25/h3-13,16,23,26H,14-15H2,1-2H3,(H,27,28)/p+1/t23-/m0/s1. The molecule has 3 N–H and O–H groups in total. The molecule has 3 aromatic rings. The maximum Gasteiger partial charge on any atom is 0.287 e. The van der Waals surface area contributed by atoms with Gasteiger partial charge in [-0.2, -0.15) is 0 Å². The fourth-order valence-corrected chi connectivity index (χ4v) is 3.29. The van der Waals surface area contributed by atoms with E-state index in [1.165, 1.54) is 6.07 Å². The topological polar surface area (TPSA) is 54.9 Å². The summed E-state index contributed by atoms with van der Waals surface area (Å²) in [5.74, 6) is 0.252. The van der Waals surface area contributed by atoms with Crippen LogP contribution in [0.4, 0.5) is 10.1 Å². The van der Waals surface area contributed by atoms with Crippen LogP contribution < -0.4 is 15.4 Å². The maximum atomic E-state index is 13.9. The Morgan fingerprint density at radius 2 is 1.79 bits per heavy atom. The van der Waals surface area contributed by atoms with Crippen molar-refractivity contribution < 1.29 is 19.2 Å². The predicted octanol–water partition coefficient (Wildman–Crippen LogP) is 3.63. The van der Waals surface area contributed by atoms with E-state index in [-0.39, 0.29) is 11.7 Å². The van der Waals surface area contributed by atoms with Gasteiger partial charge < -0.3 is 15.4 Å². The van der Waals surface area contributed by atoms with Crippen molar-refractivity contribution in [2.75, 3.05) is 19.0 Å². The SMILES string of the molecule is COc1ccc(C)cc1NC(=O)[C@@H]([NH2+]CCc1ccccc1F)c1ccccc1. The molecule has 150 valence electrons. The molecule has 0 saturated carbocycles. The molecule has 0 bridgehead atoms. The highest BCUT2D eigenvalue weighted by molar-refractivity contribution is 5.95. The van der Waals surface area contributed by atoms with Crippen LogP contribution in [0.15, 0.2) is 72.8 Å². The average molecular weight is 393 g/mol. The van der Waals surface area contributed by atoms with Gasteiger partial charge in [0.15, 0.2) is 6.04 Å². The number of hydrogen-bond acceptors (Lipinski definition) is 2. The quantitative estimate of drug-likeness (QED) is 0.614. The van der Waals surface area contributed by atoms with Gasteiger partial charge in [-0.3, -0.25) is 4.79 Å². The van der Waals surface area contributed by atoms with Crippen molar-refractivity contribution in [3.05, 3.63) is 95.3 Å². The van der Waals surface area contributed by atoms with Gasteiger partial charge in [0, 0.05) is 12.0 Å². The second-order valence-electron chi connectivity index (χ2n) is 6.95. The molecule has 3 aromatic carbocycles. The van der Waals surface area contributed by atoms with Crippen LogP contribution in [0.2, 0.25) is 0 Å². The van der Waals surface area contributed by atoms with Crippen LogP contribution in [-0.4, -0.2) is 19.6 Å². The second-order valence-corrected chi connectivity index (χ2v) is 6.95. The third-order valence-electron chi connectivity index (χ3n) is 4.83. The minimum atomic E-state index is -0.451. The number of ether oxygens (including phenoxy) is 1. The molecule has 1 amide bonds. The Morgan fingerprint density at radius 3 is 2.52 bits per heavy atom. The molecule has 0 unspecified atom stereocenters. The number of nitrogens with two attached hydrogens (primary N) is 1. The van der Waals surface area contributed by atoms with E-state index < -0.39 is 6.04 Å². The number of quaternary nitrogens is 1. The fourth-order valence-electron chi connectivity index (χ4n) is 3.29. The first-order valence-corrected chi connectivity index (χ1v) is 9.65. The van der Waals surface area contributed by atoms with Crippen molar-refractivity contribution in [3.63, 3.8) is 0 Å². The van der Waals surface area contributed by atoms with Crippen LogP contribution in [0.1, 0.15) is 22.7 Å². The Balaban J connectivity index is 1.76. The monoisotopic (exact) mass is 393 g/mol. The first-order chi connectivity index (χ1) is 14.1. The third-order valence-corrected chi connectivity index (χ3v) is 4.83. The van der Waals surface area contributed by atoms with Gasteiger partial charge in [0.25, 0.3) is 5.91 Å². The smallest absolute Gasteiger partial charge is 0.287 e. The van der Waals surface area contributed by atoms with Crippen molar-refractivity contribution in [1.82, 2.24) is 0 Å². The Labute approximate surface area is 170 Å². The Kier molecular flexibility index (Phi) is 6.98. The van der Waals surface area contributed by atoms with Gasteiger partial charge in [-0.15, -0.1) is 0 Å². The predicted molar refractivity (Wildman–Crippen MR) is 112 cm³/mol. The molecule has 0 radical (unpaired) electrons. The van der Waals surface area contributed by atoms with Crippen molar-refractivity contribution in [3.8, 4) is 5.75 Å². The van der Waals surface area contributed by atoms with E-state index in [9.17, 15) is 9.18 Å². The summed E-state index contributed by atoms with van der Waals surface area (Å²) in [6, 6.07) is 21.5. The number of benzene rings is 3. The van der Waals surface area contributed by atoms with Gasteiger partial charge in [-0.05, 0) is 36.2 Å². The molecular formula is C24H26FN2O2+. The number of halogens is 1. The Bertz CT molecular complexity index is 960. The van der Waals surface area contributed by atoms with Gasteiger partial charge in [0.1, 0.15) is 11.6 Å². The maximum absolute atomic E-state index is 13.9. The van der Waals surface area contributed by atoms with Gasteiger partial charge in [-0.25, -0.2) is 4.39 Å². The average Bonchev–Trinajstić information content (AvgIpc) is 2.73.